The molecular formula is C8H9BrOS. The molecule has 0 aliphatic carbocycles. The summed E-state index contributed by atoms with van der Waals surface area (Å²) in [6.07, 6.45) is 0. The summed E-state index contributed by atoms with van der Waals surface area (Å²) in [5.41, 5.74) is 1.09. The van der Waals surface area contributed by atoms with Crippen LogP contribution in [0.15, 0.2) is 21.5 Å². The van der Waals surface area contributed by atoms with E-state index in [4.69, 9.17) is 4.74 Å². The maximum Gasteiger partial charge on any atom is 0.135 e. The molecule has 0 aromatic heterocycles. The van der Waals surface area contributed by atoms with Crippen molar-refractivity contribution < 1.29 is 4.74 Å². The molecule has 1 aromatic rings. The molecule has 0 aliphatic heterocycles. The lowest BCUT2D eigenvalue weighted by atomic mass is 10.2. The Morgan fingerprint density at radius 2 is 2.09 bits per heavy atom. The fourth-order valence-electron chi connectivity index (χ4n) is 0.978. The van der Waals surface area contributed by atoms with E-state index in [1.54, 1.807) is 7.11 Å². The molecule has 0 radical (unpaired) electrons. The van der Waals surface area contributed by atoms with Crippen molar-refractivity contribution in [1.82, 2.24) is 0 Å². The Labute approximate surface area is 80.3 Å². The summed E-state index contributed by atoms with van der Waals surface area (Å²) in [6, 6.07) is 3.91. The van der Waals surface area contributed by atoms with Gasteiger partial charge < -0.3 is 4.74 Å². The van der Waals surface area contributed by atoms with Gasteiger partial charge in [0.15, 0.2) is 0 Å². The molecule has 3 heteroatoms. The fraction of sp³-hybridized carbons (Fsp3) is 0.250. The van der Waals surface area contributed by atoms with Gasteiger partial charge in [0.2, 0.25) is 0 Å². The number of aryl methyl sites for hydroxylation is 1. The smallest absolute Gasteiger partial charge is 0.135 e. The van der Waals surface area contributed by atoms with E-state index < -0.39 is 0 Å². The van der Waals surface area contributed by atoms with E-state index in [2.05, 4.69) is 28.6 Å². The largest absolute Gasteiger partial charge is 0.495 e. The maximum absolute atomic E-state index is 5.13. The number of hydrogen-bond donors (Lipinski definition) is 1. The summed E-state index contributed by atoms with van der Waals surface area (Å²) in [4.78, 5) is 0.861. The predicted molar refractivity (Wildman–Crippen MR) is 52.7 cm³/mol. The minimum absolute atomic E-state index is 0.844. The maximum atomic E-state index is 5.13. The number of halogens is 1. The van der Waals surface area contributed by atoms with Crippen LogP contribution in [0, 0.1) is 6.92 Å². The molecule has 0 N–H and O–H groups in total. The number of hydrogen-bond acceptors (Lipinski definition) is 2. The lowest BCUT2D eigenvalue weighted by molar-refractivity contribution is 0.401. The summed E-state index contributed by atoms with van der Waals surface area (Å²) in [6.45, 7) is 1.99. The third-order valence-electron chi connectivity index (χ3n) is 1.42. The summed E-state index contributed by atoms with van der Waals surface area (Å²) >= 11 is 7.63. The molecule has 0 unspecified atom stereocenters. The van der Waals surface area contributed by atoms with Gasteiger partial charge in [-0.25, -0.2) is 0 Å². The van der Waals surface area contributed by atoms with Crippen molar-refractivity contribution in [2.45, 2.75) is 11.8 Å². The first-order valence-electron chi connectivity index (χ1n) is 3.18. The van der Waals surface area contributed by atoms with Gasteiger partial charge in [-0.2, -0.15) is 0 Å². The van der Waals surface area contributed by atoms with E-state index in [1.807, 2.05) is 19.1 Å². The van der Waals surface area contributed by atoms with Crippen LogP contribution in [-0.4, -0.2) is 7.11 Å². The first-order valence-corrected chi connectivity index (χ1v) is 4.42. The zero-order chi connectivity index (χ0) is 8.43. The van der Waals surface area contributed by atoms with Gasteiger partial charge in [0.25, 0.3) is 0 Å². The van der Waals surface area contributed by atoms with Gasteiger partial charge in [-0.15, -0.1) is 12.6 Å². The molecule has 0 aliphatic rings. The Hall–Kier alpha value is -0.150. The van der Waals surface area contributed by atoms with Gasteiger partial charge in [0, 0.05) is 9.37 Å². The highest BCUT2D eigenvalue weighted by Crippen LogP contribution is 2.29. The molecule has 11 heavy (non-hydrogen) atoms. The van der Waals surface area contributed by atoms with Crippen LogP contribution in [0.25, 0.3) is 0 Å². The molecule has 0 bridgehead atoms. The Morgan fingerprint density at radius 3 is 2.55 bits per heavy atom. The van der Waals surface area contributed by atoms with Crippen LogP contribution in [0.3, 0.4) is 0 Å². The van der Waals surface area contributed by atoms with E-state index in [1.165, 1.54) is 0 Å². The second-order valence-corrected chi connectivity index (χ2v) is 3.67. The normalized spacial score (nSPS) is 9.82. The van der Waals surface area contributed by atoms with Gasteiger partial charge in [-0.3, -0.25) is 0 Å². The van der Waals surface area contributed by atoms with Gasteiger partial charge in [0.05, 0.1) is 7.11 Å². The van der Waals surface area contributed by atoms with Gasteiger partial charge in [0.1, 0.15) is 5.75 Å². The van der Waals surface area contributed by atoms with Crippen LogP contribution in [0.1, 0.15) is 5.56 Å². The van der Waals surface area contributed by atoms with Crippen molar-refractivity contribution in [3.05, 3.63) is 22.2 Å². The van der Waals surface area contributed by atoms with Crippen molar-refractivity contribution in [1.29, 1.82) is 0 Å². The van der Waals surface area contributed by atoms with Crippen molar-refractivity contribution in [2.24, 2.45) is 0 Å². The van der Waals surface area contributed by atoms with Crippen LogP contribution >= 0.6 is 28.6 Å². The van der Waals surface area contributed by atoms with E-state index in [-0.39, 0.29) is 0 Å². The standard InChI is InChI=1S/C8H9BrOS/c1-5-3-6(9)4-7(11)8(5)10-2/h3-4,11H,1-2H3. The Balaban J connectivity index is 3.25. The summed E-state index contributed by atoms with van der Waals surface area (Å²) < 4.78 is 6.16. The number of rotatable bonds is 1. The highest BCUT2D eigenvalue weighted by molar-refractivity contribution is 9.10. The lowest BCUT2D eigenvalue weighted by Gasteiger charge is -2.07. The van der Waals surface area contributed by atoms with Crippen molar-refractivity contribution >= 4 is 28.6 Å². The minimum Gasteiger partial charge on any atom is -0.495 e. The van der Waals surface area contributed by atoms with Crippen LogP contribution in [-0.2, 0) is 0 Å². The van der Waals surface area contributed by atoms with Crippen molar-refractivity contribution in [3.63, 3.8) is 0 Å². The van der Waals surface area contributed by atoms with Gasteiger partial charge in [-0.05, 0) is 24.6 Å². The summed E-state index contributed by atoms with van der Waals surface area (Å²) in [5.74, 6) is 0.844. The zero-order valence-electron chi connectivity index (χ0n) is 6.39. The van der Waals surface area contributed by atoms with Crippen LogP contribution in [0.2, 0.25) is 0 Å². The van der Waals surface area contributed by atoms with E-state index >= 15 is 0 Å². The molecule has 1 aromatic carbocycles. The highest BCUT2D eigenvalue weighted by Gasteiger charge is 2.03. The Kier molecular flexibility index (Phi) is 2.84. The first-order chi connectivity index (χ1) is 5.15. The molecule has 0 fully saturated rings. The number of thiol groups is 1. The number of benzene rings is 1. The molecule has 0 saturated heterocycles. The molecule has 1 nitrogen and oxygen atoms in total. The van der Waals surface area contributed by atoms with Crippen molar-refractivity contribution in [2.75, 3.05) is 7.11 Å². The molecule has 0 amide bonds. The summed E-state index contributed by atoms with van der Waals surface area (Å²) in [7, 11) is 1.65. The third-order valence-corrected chi connectivity index (χ3v) is 2.21. The highest BCUT2D eigenvalue weighted by atomic mass is 79.9. The molecule has 0 atom stereocenters. The zero-order valence-corrected chi connectivity index (χ0v) is 8.87. The van der Waals surface area contributed by atoms with E-state index in [0.29, 0.717) is 0 Å². The first kappa shape index (κ1) is 8.94. The van der Waals surface area contributed by atoms with E-state index in [0.717, 1.165) is 20.7 Å². The monoisotopic (exact) mass is 232 g/mol. The number of methoxy groups -OCH3 is 1. The summed E-state index contributed by atoms with van der Waals surface area (Å²) in [5, 5.41) is 0. The molecule has 0 heterocycles. The quantitative estimate of drug-likeness (QED) is 0.733. The predicted octanol–water partition coefficient (Wildman–Crippen LogP) is 3.05. The Morgan fingerprint density at radius 1 is 1.45 bits per heavy atom. The number of ether oxygens (including phenoxy) is 1. The second kappa shape index (κ2) is 3.50. The Bertz CT molecular complexity index is 250. The van der Waals surface area contributed by atoms with Gasteiger partial charge in [-0.1, -0.05) is 15.9 Å². The molecule has 1 rings (SSSR count). The second-order valence-electron chi connectivity index (χ2n) is 2.28. The average molecular weight is 233 g/mol. The SMILES string of the molecule is COc1c(C)cc(Br)cc1S. The molecule has 0 saturated carbocycles. The van der Waals surface area contributed by atoms with Gasteiger partial charge >= 0.3 is 0 Å². The van der Waals surface area contributed by atoms with Crippen LogP contribution in [0.4, 0.5) is 0 Å². The molecule has 60 valence electrons. The topological polar surface area (TPSA) is 9.23 Å². The van der Waals surface area contributed by atoms with E-state index in [9.17, 15) is 0 Å². The minimum atomic E-state index is 0.844. The average Bonchev–Trinajstić information content (AvgIpc) is 1.85. The third kappa shape index (κ3) is 1.91. The lowest BCUT2D eigenvalue weighted by Crippen LogP contribution is -1.88. The molecule has 0 spiro atoms. The fourth-order valence-corrected chi connectivity index (χ4v) is 2.13. The van der Waals surface area contributed by atoms with Crippen LogP contribution in [0.5, 0.6) is 5.75 Å². The van der Waals surface area contributed by atoms with Crippen molar-refractivity contribution in [3.8, 4) is 5.75 Å². The van der Waals surface area contributed by atoms with Crippen LogP contribution < -0.4 is 4.74 Å². The molecular weight excluding hydrogens is 224 g/mol.